The van der Waals surface area contributed by atoms with Gasteiger partial charge in [0.1, 0.15) is 0 Å². The maximum absolute atomic E-state index is 12.3. The van der Waals surface area contributed by atoms with Crippen molar-refractivity contribution in [2.24, 2.45) is 5.92 Å². The van der Waals surface area contributed by atoms with E-state index in [0.717, 1.165) is 24.4 Å². The van der Waals surface area contributed by atoms with E-state index < -0.39 is 5.60 Å². The predicted octanol–water partition coefficient (Wildman–Crippen LogP) is 2.01. The number of benzene rings is 1. The van der Waals surface area contributed by atoms with Crippen LogP contribution >= 0.6 is 11.6 Å². The predicted molar refractivity (Wildman–Crippen MR) is 101 cm³/mol. The molecule has 4 rings (SSSR count). The Kier molecular flexibility index (Phi) is 4.86. The quantitative estimate of drug-likeness (QED) is 0.829. The minimum Gasteiger partial charge on any atom is -0.454 e. The number of hydrogen-bond donors (Lipinski definition) is 1. The first-order valence-corrected chi connectivity index (χ1v) is 9.72. The van der Waals surface area contributed by atoms with Crippen molar-refractivity contribution in [3.63, 3.8) is 0 Å². The van der Waals surface area contributed by atoms with Crippen LogP contribution in [-0.2, 0) is 6.54 Å². The minimum absolute atomic E-state index is 0.00740. The van der Waals surface area contributed by atoms with E-state index in [1.54, 1.807) is 25.1 Å². The van der Waals surface area contributed by atoms with Crippen molar-refractivity contribution < 1.29 is 19.4 Å². The number of amides is 2. The molecule has 0 unspecified atom stereocenters. The highest BCUT2D eigenvalue weighted by atomic mass is 35.5. The van der Waals surface area contributed by atoms with Gasteiger partial charge in [0.05, 0.1) is 5.60 Å². The number of carbonyl (C=O) groups excluding carboxylic acids is 1. The average molecular weight is 396 g/mol. The van der Waals surface area contributed by atoms with E-state index in [4.69, 9.17) is 21.1 Å². The molecule has 3 heterocycles. The third-order valence-electron chi connectivity index (χ3n) is 5.94. The zero-order chi connectivity index (χ0) is 19.2. The Labute approximate surface area is 164 Å². The molecule has 1 N–H and O–H groups in total. The summed E-state index contributed by atoms with van der Waals surface area (Å²) < 4.78 is 10.8. The van der Waals surface area contributed by atoms with Crippen molar-refractivity contribution in [2.75, 3.05) is 47.1 Å². The Bertz CT molecular complexity index is 744. The van der Waals surface area contributed by atoms with E-state index in [-0.39, 0.29) is 18.7 Å². The summed E-state index contributed by atoms with van der Waals surface area (Å²) in [6, 6.07) is 3.75. The fourth-order valence-electron chi connectivity index (χ4n) is 4.29. The molecular formula is C19H26ClN3O4. The highest BCUT2D eigenvalue weighted by Gasteiger charge is 2.46. The van der Waals surface area contributed by atoms with Crippen molar-refractivity contribution in [3.05, 3.63) is 22.7 Å². The summed E-state index contributed by atoms with van der Waals surface area (Å²) in [7, 11) is 3.52. The van der Waals surface area contributed by atoms with Gasteiger partial charge in [0.25, 0.3) is 0 Å². The Balaban J connectivity index is 1.45. The van der Waals surface area contributed by atoms with Gasteiger partial charge in [0.2, 0.25) is 6.79 Å². The highest BCUT2D eigenvalue weighted by Crippen LogP contribution is 2.39. The number of aliphatic hydroxyl groups is 1. The molecular weight excluding hydrogens is 370 g/mol. The fraction of sp³-hybridized carbons (Fsp3) is 0.632. The maximum Gasteiger partial charge on any atom is 0.319 e. The molecule has 3 aliphatic heterocycles. The number of urea groups is 1. The van der Waals surface area contributed by atoms with Gasteiger partial charge >= 0.3 is 6.03 Å². The molecule has 7 nitrogen and oxygen atoms in total. The van der Waals surface area contributed by atoms with Crippen LogP contribution < -0.4 is 9.47 Å². The molecule has 1 aromatic carbocycles. The number of nitrogens with zero attached hydrogens (tertiary/aromatic N) is 3. The number of carbonyl (C=O) groups is 1. The summed E-state index contributed by atoms with van der Waals surface area (Å²) >= 11 is 6.42. The summed E-state index contributed by atoms with van der Waals surface area (Å²) in [5.74, 6) is 1.45. The third-order valence-corrected chi connectivity index (χ3v) is 6.30. The second-order valence-corrected chi connectivity index (χ2v) is 8.36. The maximum atomic E-state index is 12.3. The number of piperidine rings is 2. The third kappa shape index (κ3) is 3.56. The summed E-state index contributed by atoms with van der Waals surface area (Å²) in [6.45, 7) is 3.64. The van der Waals surface area contributed by atoms with Crippen LogP contribution in [0.25, 0.3) is 0 Å². The van der Waals surface area contributed by atoms with Gasteiger partial charge in [0, 0.05) is 63.8 Å². The molecule has 3 aliphatic rings. The lowest BCUT2D eigenvalue weighted by molar-refractivity contribution is -0.108. The van der Waals surface area contributed by atoms with Crippen molar-refractivity contribution in [1.29, 1.82) is 0 Å². The zero-order valence-corrected chi connectivity index (χ0v) is 16.5. The van der Waals surface area contributed by atoms with Gasteiger partial charge < -0.3 is 24.4 Å². The van der Waals surface area contributed by atoms with E-state index in [1.807, 2.05) is 11.0 Å². The lowest BCUT2D eigenvalue weighted by Crippen LogP contribution is -2.61. The molecule has 0 radical (unpaired) electrons. The molecule has 0 aromatic heterocycles. The van der Waals surface area contributed by atoms with Gasteiger partial charge in [0.15, 0.2) is 11.5 Å². The zero-order valence-electron chi connectivity index (χ0n) is 15.8. The number of rotatable bonds is 2. The van der Waals surface area contributed by atoms with Crippen molar-refractivity contribution in [3.8, 4) is 11.5 Å². The molecule has 0 saturated carbocycles. The number of ether oxygens (including phenoxy) is 2. The first-order valence-electron chi connectivity index (χ1n) is 9.35. The van der Waals surface area contributed by atoms with Gasteiger partial charge in [-0.25, -0.2) is 4.79 Å². The molecule has 8 heteroatoms. The van der Waals surface area contributed by atoms with E-state index in [9.17, 15) is 9.90 Å². The van der Waals surface area contributed by atoms with Crippen LogP contribution in [0, 0.1) is 5.92 Å². The van der Waals surface area contributed by atoms with Gasteiger partial charge in [-0.2, -0.15) is 0 Å². The number of halogens is 1. The van der Waals surface area contributed by atoms with E-state index >= 15 is 0 Å². The molecule has 0 bridgehead atoms. The number of hydrogen-bond acceptors (Lipinski definition) is 5. The average Bonchev–Trinajstić information content (AvgIpc) is 3.08. The monoisotopic (exact) mass is 395 g/mol. The first kappa shape index (κ1) is 18.7. The summed E-state index contributed by atoms with van der Waals surface area (Å²) in [5, 5.41) is 11.7. The van der Waals surface area contributed by atoms with Crippen molar-refractivity contribution in [1.82, 2.24) is 14.7 Å². The second kappa shape index (κ2) is 7.04. The lowest BCUT2D eigenvalue weighted by atomic mass is 9.75. The fourth-order valence-corrected chi connectivity index (χ4v) is 4.51. The largest absolute Gasteiger partial charge is 0.454 e. The van der Waals surface area contributed by atoms with E-state index in [0.29, 0.717) is 43.2 Å². The SMILES string of the molecule is CN(C)C(=O)N1CC[C@]2(O)CCN(Cc3cc4c(cc3Cl)OCO4)C[C@@H]2C1. The van der Waals surface area contributed by atoms with Crippen molar-refractivity contribution in [2.45, 2.75) is 25.0 Å². The van der Waals surface area contributed by atoms with Crippen molar-refractivity contribution >= 4 is 17.6 Å². The molecule has 27 heavy (non-hydrogen) atoms. The summed E-state index contributed by atoms with van der Waals surface area (Å²) in [5.41, 5.74) is 0.307. The Morgan fingerprint density at radius 2 is 1.96 bits per heavy atom. The molecule has 2 fully saturated rings. The highest BCUT2D eigenvalue weighted by molar-refractivity contribution is 6.31. The summed E-state index contributed by atoms with van der Waals surface area (Å²) in [4.78, 5) is 18.1. The Morgan fingerprint density at radius 1 is 1.26 bits per heavy atom. The van der Waals surface area contributed by atoms with Crippen LogP contribution in [0.1, 0.15) is 18.4 Å². The number of fused-ring (bicyclic) bond motifs is 2. The van der Waals surface area contributed by atoms with E-state index in [1.165, 1.54) is 0 Å². The van der Waals surface area contributed by atoms with E-state index in [2.05, 4.69) is 4.90 Å². The van der Waals surface area contributed by atoms with Gasteiger partial charge in [-0.05, 0) is 24.5 Å². The molecule has 0 aliphatic carbocycles. The van der Waals surface area contributed by atoms with Crippen LogP contribution in [0.15, 0.2) is 12.1 Å². The normalized spacial score (nSPS) is 27.4. The van der Waals surface area contributed by atoms with Crippen LogP contribution in [0.3, 0.4) is 0 Å². The Morgan fingerprint density at radius 3 is 2.70 bits per heavy atom. The van der Waals surface area contributed by atoms with Crippen LogP contribution in [0.4, 0.5) is 4.79 Å². The molecule has 0 spiro atoms. The smallest absolute Gasteiger partial charge is 0.319 e. The van der Waals surface area contributed by atoms with Crippen LogP contribution in [-0.4, -0.2) is 78.5 Å². The topological polar surface area (TPSA) is 65.5 Å². The molecule has 2 saturated heterocycles. The minimum atomic E-state index is -0.682. The summed E-state index contributed by atoms with van der Waals surface area (Å²) in [6.07, 6.45) is 1.35. The molecule has 2 amide bonds. The standard InChI is InChI=1S/C19H26ClN3O4/c1-21(2)18(24)23-6-4-19(25)3-5-22(10-14(19)11-23)9-13-7-16-17(8-15(13)20)27-12-26-16/h7-8,14,25H,3-6,9-12H2,1-2H3/t14-,19-/m1/s1. The second-order valence-electron chi connectivity index (χ2n) is 7.96. The molecule has 2 atom stereocenters. The van der Waals surface area contributed by atoms with Crippen LogP contribution in [0.5, 0.6) is 11.5 Å². The number of likely N-dealkylation sites (tertiary alicyclic amines) is 2. The van der Waals surface area contributed by atoms with Gasteiger partial charge in [-0.3, -0.25) is 4.90 Å². The lowest BCUT2D eigenvalue weighted by Gasteiger charge is -2.50. The molecule has 148 valence electrons. The van der Waals surface area contributed by atoms with Crippen LogP contribution in [0.2, 0.25) is 5.02 Å². The Hall–Kier alpha value is -1.70. The first-order chi connectivity index (χ1) is 12.9. The van der Waals surface area contributed by atoms with Gasteiger partial charge in [-0.1, -0.05) is 11.6 Å². The molecule has 1 aromatic rings. The van der Waals surface area contributed by atoms with Gasteiger partial charge in [-0.15, -0.1) is 0 Å².